The number of hydrogen-bond acceptors (Lipinski definition) is 8. The molecule has 1 atom stereocenters. The highest BCUT2D eigenvalue weighted by atomic mass is 19.3. The Morgan fingerprint density at radius 3 is 2.60 bits per heavy atom. The van der Waals surface area contributed by atoms with Gasteiger partial charge in [-0.2, -0.15) is 8.78 Å². The Morgan fingerprint density at radius 1 is 1.20 bits per heavy atom. The Bertz CT molecular complexity index is 1320. The van der Waals surface area contributed by atoms with Gasteiger partial charge >= 0.3 is 12.7 Å². The van der Waals surface area contributed by atoms with Crippen molar-refractivity contribution in [1.29, 1.82) is 0 Å². The fraction of sp³-hybridized carbons (Fsp3) is 0.429. The highest BCUT2D eigenvalue weighted by molar-refractivity contribution is 5.94. The molecule has 12 heteroatoms. The first kappa shape index (κ1) is 28.8. The van der Waals surface area contributed by atoms with E-state index in [0.717, 1.165) is 18.4 Å². The summed E-state index contributed by atoms with van der Waals surface area (Å²) in [5.41, 5.74) is 5.98. The molecule has 1 aliphatic rings. The molecule has 0 radical (unpaired) electrons. The number of nitrogens with zero attached hydrogens (tertiary/aromatic N) is 2. The molecule has 2 heterocycles. The van der Waals surface area contributed by atoms with Crippen molar-refractivity contribution in [2.45, 2.75) is 59.3 Å². The normalized spacial score (nSPS) is 14.1. The second-order valence-corrected chi connectivity index (χ2v) is 10.8. The fourth-order valence-corrected chi connectivity index (χ4v) is 3.93. The molecule has 2 amide bonds. The minimum Gasteiger partial charge on any atom is -0.489 e. The van der Waals surface area contributed by atoms with Crippen LogP contribution in [0.4, 0.5) is 13.6 Å². The summed E-state index contributed by atoms with van der Waals surface area (Å²) in [4.78, 5) is 33.5. The zero-order valence-corrected chi connectivity index (χ0v) is 22.5. The van der Waals surface area contributed by atoms with Gasteiger partial charge in [-0.25, -0.2) is 9.78 Å². The van der Waals surface area contributed by atoms with Gasteiger partial charge in [0.15, 0.2) is 29.1 Å². The molecular weight excluding hydrogens is 526 g/mol. The summed E-state index contributed by atoms with van der Waals surface area (Å²) in [5, 5.41) is 2.77. The SMILES string of the molecule is CC(C)(C)C[C@H](OC(N)=O)c1oc(-c2ccc(OC(F)F)c(OCC3CC3)c2)nc1C(=O)NCc1cccnc1. The number of pyridine rings is 1. The number of carbonyl (C=O) groups is 2. The number of hydrogen-bond donors (Lipinski definition) is 2. The van der Waals surface area contributed by atoms with E-state index in [1.165, 1.54) is 18.2 Å². The number of benzene rings is 1. The van der Waals surface area contributed by atoms with Gasteiger partial charge in [0.1, 0.15) is 0 Å². The quantitative estimate of drug-likeness (QED) is 0.292. The van der Waals surface area contributed by atoms with Gasteiger partial charge in [0.2, 0.25) is 5.89 Å². The average Bonchev–Trinajstić information content (AvgIpc) is 3.61. The van der Waals surface area contributed by atoms with Crippen LogP contribution in [0.5, 0.6) is 11.5 Å². The summed E-state index contributed by atoms with van der Waals surface area (Å²) >= 11 is 0. The third kappa shape index (κ3) is 8.14. The predicted octanol–water partition coefficient (Wildman–Crippen LogP) is 5.63. The highest BCUT2D eigenvalue weighted by Crippen LogP contribution is 2.39. The van der Waals surface area contributed by atoms with E-state index in [9.17, 15) is 18.4 Å². The van der Waals surface area contributed by atoms with Crippen LogP contribution in [-0.2, 0) is 11.3 Å². The molecule has 0 unspecified atom stereocenters. The largest absolute Gasteiger partial charge is 0.489 e. The van der Waals surface area contributed by atoms with Gasteiger partial charge in [-0.15, -0.1) is 0 Å². The van der Waals surface area contributed by atoms with E-state index in [2.05, 4.69) is 20.0 Å². The van der Waals surface area contributed by atoms with Gasteiger partial charge in [0.25, 0.3) is 5.91 Å². The summed E-state index contributed by atoms with van der Waals surface area (Å²) < 4.78 is 47.8. The second kappa shape index (κ2) is 12.3. The van der Waals surface area contributed by atoms with Crippen molar-refractivity contribution in [2.24, 2.45) is 17.1 Å². The van der Waals surface area contributed by atoms with E-state index in [1.807, 2.05) is 20.8 Å². The number of primary amides is 1. The maximum atomic E-state index is 13.3. The molecule has 1 fully saturated rings. The summed E-state index contributed by atoms with van der Waals surface area (Å²) in [7, 11) is 0. The number of carbonyl (C=O) groups excluding carboxylic acids is 2. The molecule has 2 aromatic heterocycles. The van der Waals surface area contributed by atoms with Crippen LogP contribution in [0.15, 0.2) is 47.1 Å². The molecule has 10 nitrogen and oxygen atoms in total. The van der Waals surface area contributed by atoms with Gasteiger partial charge in [-0.3, -0.25) is 9.78 Å². The zero-order chi connectivity index (χ0) is 28.9. The lowest BCUT2D eigenvalue weighted by Crippen LogP contribution is -2.27. The van der Waals surface area contributed by atoms with E-state index >= 15 is 0 Å². The second-order valence-electron chi connectivity index (χ2n) is 10.8. The van der Waals surface area contributed by atoms with Gasteiger partial charge in [0.05, 0.1) is 6.61 Å². The number of halogens is 2. The lowest BCUT2D eigenvalue weighted by molar-refractivity contribution is -0.0515. The number of nitrogens with two attached hydrogens (primary N) is 1. The molecule has 0 bridgehead atoms. The molecule has 3 aromatic rings. The number of rotatable bonds is 12. The molecule has 40 heavy (non-hydrogen) atoms. The van der Waals surface area contributed by atoms with Crippen LogP contribution < -0.4 is 20.5 Å². The van der Waals surface area contributed by atoms with E-state index in [1.54, 1.807) is 24.5 Å². The minimum atomic E-state index is -3.04. The molecule has 0 saturated heterocycles. The first-order chi connectivity index (χ1) is 19.0. The molecule has 4 rings (SSSR count). The minimum absolute atomic E-state index is 0.000711. The maximum absolute atomic E-state index is 13.3. The predicted molar refractivity (Wildman–Crippen MR) is 140 cm³/mol. The summed E-state index contributed by atoms with van der Waals surface area (Å²) in [6.07, 6.45) is 3.43. The van der Waals surface area contributed by atoms with Gasteiger partial charge in [0, 0.05) is 24.5 Å². The van der Waals surface area contributed by atoms with Gasteiger partial charge in [-0.1, -0.05) is 26.8 Å². The van der Waals surface area contributed by atoms with Crippen molar-refractivity contribution in [1.82, 2.24) is 15.3 Å². The molecule has 0 spiro atoms. The van der Waals surface area contributed by atoms with Gasteiger partial charge < -0.3 is 29.7 Å². The molecule has 1 aliphatic carbocycles. The third-order valence-electron chi connectivity index (χ3n) is 5.97. The van der Waals surface area contributed by atoms with Crippen molar-refractivity contribution in [3.05, 3.63) is 59.7 Å². The van der Waals surface area contributed by atoms with Crippen LogP contribution in [-0.4, -0.2) is 35.2 Å². The standard InChI is InChI=1S/C28H32F2N4O6/c1-28(2,3)12-21(39-27(31)36)23-22(24(35)33-14-17-5-4-10-32-13-17)34-25(40-23)18-8-9-19(38-26(29)30)20(11-18)37-15-16-6-7-16/h4-5,8-11,13,16,21,26H,6-7,12,14-15H2,1-3H3,(H2,31,36)(H,33,35)/t21-/m0/s1. The number of amides is 2. The number of nitrogens with one attached hydrogen (secondary N) is 1. The lowest BCUT2D eigenvalue weighted by atomic mass is 9.88. The van der Waals surface area contributed by atoms with E-state index in [-0.39, 0.29) is 47.2 Å². The van der Waals surface area contributed by atoms with E-state index < -0.39 is 24.7 Å². The Hall–Kier alpha value is -4.22. The van der Waals surface area contributed by atoms with Crippen molar-refractivity contribution < 1.29 is 37.0 Å². The number of ether oxygens (including phenoxy) is 3. The lowest BCUT2D eigenvalue weighted by Gasteiger charge is -2.24. The van der Waals surface area contributed by atoms with Crippen LogP contribution in [0.25, 0.3) is 11.5 Å². The number of oxazole rings is 1. The van der Waals surface area contributed by atoms with Gasteiger partial charge in [-0.05, 0) is 60.4 Å². The first-order valence-corrected chi connectivity index (χ1v) is 12.8. The Kier molecular flexibility index (Phi) is 8.86. The van der Waals surface area contributed by atoms with Crippen molar-refractivity contribution in [3.8, 4) is 23.0 Å². The van der Waals surface area contributed by atoms with Crippen molar-refractivity contribution in [3.63, 3.8) is 0 Å². The van der Waals surface area contributed by atoms with Crippen LogP contribution in [0.2, 0.25) is 0 Å². The summed E-state index contributed by atoms with van der Waals surface area (Å²) in [6.45, 7) is 3.25. The molecule has 1 saturated carbocycles. The van der Waals surface area contributed by atoms with Crippen LogP contribution in [0.3, 0.4) is 0 Å². The van der Waals surface area contributed by atoms with Crippen LogP contribution in [0, 0.1) is 11.3 Å². The molecule has 1 aromatic carbocycles. The van der Waals surface area contributed by atoms with Crippen LogP contribution in [0.1, 0.15) is 67.9 Å². The maximum Gasteiger partial charge on any atom is 0.405 e. The molecule has 0 aliphatic heterocycles. The average molecular weight is 559 g/mol. The fourth-order valence-electron chi connectivity index (χ4n) is 3.93. The summed E-state index contributed by atoms with van der Waals surface area (Å²) in [6, 6.07) is 7.78. The third-order valence-corrected chi connectivity index (χ3v) is 5.97. The van der Waals surface area contributed by atoms with Crippen LogP contribution >= 0.6 is 0 Å². The van der Waals surface area contributed by atoms with Crippen molar-refractivity contribution >= 4 is 12.0 Å². The van der Waals surface area contributed by atoms with E-state index in [4.69, 9.17) is 19.6 Å². The molecule has 3 N–H and O–H groups in total. The molecule has 214 valence electrons. The molecular formula is C28H32F2N4O6. The summed E-state index contributed by atoms with van der Waals surface area (Å²) in [5.74, 6) is -0.275. The first-order valence-electron chi connectivity index (χ1n) is 12.8. The highest BCUT2D eigenvalue weighted by Gasteiger charge is 2.33. The monoisotopic (exact) mass is 558 g/mol. The topological polar surface area (TPSA) is 139 Å². The Balaban J connectivity index is 1.71. The Morgan fingerprint density at radius 2 is 1.98 bits per heavy atom. The number of alkyl halides is 2. The van der Waals surface area contributed by atoms with Crippen molar-refractivity contribution in [2.75, 3.05) is 6.61 Å². The Labute approximate surface area is 230 Å². The smallest absolute Gasteiger partial charge is 0.405 e. The number of aromatic nitrogens is 2. The zero-order valence-electron chi connectivity index (χ0n) is 22.5. The van der Waals surface area contributed by atoms with E-state index in [0.29, 0.717) is 18.1 Å².